The number of carbonyl (C=O) groups excluding carboxylic acids is 2. The van der Waals surface area contributed by atoms with Gasteiger partial charge in [0, 0.05) is 42.7 Å². The van der Waals surface area contributed by atoms with Crippen molar-refractivity contribution >= 4 is 11.7 Å². The molecule has 7 heteroatoms. The number of fused-ring (bicyclic) bond motifs is 1. The molecular weight excluding hydrogens is 468 g/mol. The van der Waals surface area contributed by atoms with Crippen LogP contribution in [-0.2, 0) is 11.3 Å². The van der Waals surface area contributed by atoms with Crippen molar-refractivity contribution in [1.82, 2.24) is 10.2 Å². The smallest absolute Gasteiger partial charge is 0.253 e. The van der Waals surface area contributed by atoms with Crippen molar-refractivity contribution in [1.29, 1.82) is 0 Å². The fraction of sp³-hybridized carbons (Fsp3) is 0.333. The largest absolute Gasteiger partial charge is 0.390 e. The maximum absolute atomic E-state index is 13.6. The van der Waals surface area contributed by atoms with Crippen LogP contribution in [0.25, 0.3) is 11.1 Å². The molecule has 0 aliphatic carbocycles. The van der Waals surface area contributed by atoms with Crippen molar-refractivity contribution in [2.75, 3.05) is 26.2 Å². The number of nitrogens with one attached hydrogen (secondary N) is 1. The second-order valence-corrected chi connectivity index (χ2v) is 9.99. The molecule has 0 bridgehead atoms. The summed E-state index contributed by atoms with van der Waals surface area (Å²) in [4.78, 5) is 38.9. The molecule has 3 heterocycles. The number of piperidine rings is 1. The van der Waals surface area contributed by atoms with E-state index in [1.807, 2.05) is 59.5 Å². The molecule has 190 valence electrons. The highest BCUT2D eigenvalue weighted by molar-refractivity contribution is 6.04. The highest BCUT2D eigenvalue weighted by Crippen LogP contribution is 2.40. The van der Waals surface area contributed by atoms with Gasteiger partial charge in [0.05, 0.1) is 18.8 Å². The minimum absolute atomic E-state index is 0.0438. The van der Waals surface area contributed by atoms with E-state index in [1.54, 1.807) is 0 Å². The number of aliphatic hydroxyl groups excluding tert-OH is 1. The van der Waals surface area contributed by atoms with Gasteiger partial charge in [0.2, 0.25) is 0 Å². The van der Waals surface area contributed by atoms with Crippen molar-refractivity contribution in [3.05, 3.63) is 89.0 Å². The first kappa shape index (κ1) is 23.9. The van der Waals surface area contributed by atoms with Crippen LogP contribution in [0.3, 0.4) is 0 Å². The van der Waals surface area contributed by atoms with Crippen LogP contribution in [-0.4, -0.2) is 60.1 Å². The topological polar surface area (TPSA) is 88.1 Å². The van der Waals surface area contributed by atoms with E-state index in [2.05, 4.69) is 17.4 Å². The number of benzene rings is 3. The van der Waals surface area contributed by atoms with E-state index in [0.717, 1.165) is 47.3 Å². The molecule has 0 aromatic heterocycles. The Morgan fingerprint density at radius 3 is 2.51 bits per heavy atom. The van der Waals surface area contributed by atoms with Crippen LogP contribution in [0.5, 0.6) is 5.75 Å². The Balaban J connectivity index is 1.34. The third kappa shape index (κ3) is 4.55. The molecule has 3 aromatic carbocycles. The minimum atomic E-state index is -0.671. The molecule has 0 radical (unpaired) electrons. The second kappa shape index (κ2) is 10.1. The first-order valence-corrected chi connectivity index (χ1v) is 13.0. The number of nitrogens with zero attached hydrogens (tertiary/aromatic N) is 1. The number of hydrogen-bond donors (Lipinski definition) is 2. The van der Waals surface area contributed by atoms with Crippen molar-refractivity contribution in [2.24, 2.45) is 0 Å². The van der Waals surface area contributed by atoms with Crippen molar-refractivity contribution < 1.29 is 24.5 Å². The van der Waals surface area contributed by atoms with Crippen molar-refractivity contribution in [2.45, 2.75) is 37.3 Å². The molecule has 3 aliphatic rings. The summed E-state index contributed by atoms with van der Waals surface area (Å²) in [5, 5.41) is 13.3. The fourth-order valence-electron chi connectivity index (χ4n) is 5.66. The van der Waals surface area contributed by atoms with E-state index in [-0.39, 0.29) is 17.6 Å². The zero-order chi connectivity index (χ0) is 25.4. The Bertz CT molecular complexity index is 1320. The third-order valence-corrected chi connectivity index (χ3v) is 7.77. The molecule has 3 aromatic rings. The standard InChI is InChI=1S/C30H30N2O5/c33-25-18-31-28(25)29(34)24-8-4-7-23(21-9-10-26-22(17-21)13-16-36-37-26)27(24)19-11-14-32(15-12-19)30(35)20-5-2-1-3-6-20/h1-10,17,19,25,28,31,33H,11-16,18H2. The predicted octanol–water partition coefficient (Wildman–Crippen LogP) is 3.76. The van der Waals surface area contributed by atoms with Crippen LogP contribution in [0.15, 0.2) is 66.7 Å². The van der Waals surface area contributed by atoms with Crippen molar-refractivity contribution in [3.63, 3.8) is 0 Å². The van der Waals surface area contributed by atoms with E-state index in [1.165, 1.54) is 0 Å². The third-order valence-electron chi connectivity index (χ3n) is 7.77. The highest BCUT2D eigenvalue weighted by Gasteiger charge is 2.38. The lowest BCUT2D eigenvalue weighted by atomic mass is 9.78. The molecule has 1 amide bonds. The maximum atomic E-state index is 13.6. The zero-order valence-electron chi connectivity index (χ0n) is 20.6. The Morgan fingerprint density at radius 1 is 0.973 bits per heavy atom. The molecule has 0 spiro atoms. The van der Waals surface area contributed by atoms with Crippen LogP contribution in [0.2, 0.25) is 0 Å². The summed E-state index contributed by atoms with van der Waals surface area (Å²) in [6.07, 6.45) is 1.61. The number of aliphatic hydroxyl groups is 1. The molecule has 2 unspecified atom stereocenters. The first-order chi connectivity index (χ1) is 18.1. The Labute approximate surface area is 215 Å². The number of likely N-dealkylation sites (tertiary alicyclic amines) is 1. The van der Waals surface area contributed by atoms with E-state index in [9.17, 15) is 14.7 Å². The fourth-order valence-corrected chi connectivity index (χ4v) is 5.66. The van der Waals surface area contributed by atoms with Gasteiger partial charge in [-0.25, -0.2) is 0 Å². The van der Waals surface area contributed by atoms with Gasteiger partial charge in [-0.1, -0.05) is 42.5 Å². The molecule has 2 saturated heterocycles. The van der Waals surface area contributed by atoms with Crippen LogP contribution in [0.4, 0.5) is 0 Å². The van der Waals surface area contributed by atoms with Gasteiger partial charge >= 0.3 is 0 Å². The van der Waals surface area contributed by atoms with Crippen LogP contribution in [0.1, 0.15) is 50.6 Å². The molecule has 6 rings (SSSR count). The van der Waals surface area contributed by atoms with Gasteiger partial charge in [0.1, 0.15) is 0 Å². The summed E-state index contributed by atoms with van der Waals surface area (Å²) >= 11 is 0. The van der Waals surface area contributed by atoms with Gasteiger partial charge in [-0.05, 0) is 59.7 Å². The lowest BCUT2D eigenvalue weighted by Gasteiger charge is -2.36. The van der Waals surface area contributed by atoms with Crippen LogP contribution < -0.4 is 10.2 Å². The number of carbonyl (C=O) groups is 2. The molecule has 7 nitrogen and oxygen atoms in total. The average molecular weight is 499 g/mol. The summed E-state index contributed by atoms with van der Waals surface area (Å²) in [7, 11) is 0. The number of ketones is 1. The lowest BCUT2D eigenvalue weighted by Crippen LogP contribution is -2.61. The van der Waals surface area contributed by atoms with Gasteiger partial charge in [-0.3, -0.25) is 9.59 Å². The monoisotopic (exact) mass is 498 g/mol. The summed E-state index contributed by atoms with van der Waals surface area (Å²) in [6.45, 7) is 2.18. The summed E-state index contributed by atoms with van der Waals surface area (Å²) in [5.74, 6) is 0.802. The maximum Gasteiger partial charge on any atom is 0.253 e. The average Bonchev–Trinajstić information content (AvgIpc) is 2.96. The van der Waals surface area contributed by atoms with Gasteiger partial charge in [-0.15, -0.1) is 0 Å². The van der Waals surface area contributed by atoms with E-state index in [0.29, 0.717) is 37.4 Å². The Hall–Kier alpha value is -3.52. The molecule has 0 saturated carbocycles. The van der Waals surface area contributed by atoms with Gasteiger partial charge < -0.3 is 20.2 Å². The van der Waals surface area contributed by atoms with Gasteiger partial charge in [0.15, 0.2) is 11.5 Å². The summed E-state index contributed by atoms with van der Waals surface area (Å²) in [5.41, 5.74) is 5.47. The van der Waals surface area contributed by atoms with Crippen molar-refractivity contribution in [3.8, 4) is 16.9 Å². The summed E-state index contributed by atoms with van der Waals surface area (Å²) in [6, 6.07) is 20.7. The SMILES string of the molecule is O=C(c1cccc(-c2ccc3c(c2)CCOO3)c1C1CCN(C(=O)c2ccccc2)CC1)C1NCC1O. The van der Waals surface area contributed by atoms with E-state index < -0.39 is 12.1 Å². The van der Waals surface area contributed by atoms with Gasteiger partial charge in [-0.2, -0.15) is 4.89 Å². The minimum Gasteiger partial charge on any atom is -0.390 e. The second-order valence-electron chi connectivity index (χ2n) is 9.99. The predicted molar refractivity (Wildman–Crippen MR) is 139 cm³/mol. The quantitative estimate of drug-likeness (QED) is 0.412. The number of β-amino-alcohol motifs (C(OH)–C–C–N with tert-alkyl or cyclic N) is 1. The van der Waals surface area contributed by atoms with Gasteiger partial charge in [0.25, 0.3) is 5.91 Å². The Morgan fingerprint density at radius 2 is 1.78 bits per heavy atom. The number of rotatable bonds is 5. The molecule has 3 aliphatic heterocycles. The lowest BCUT2D eigenvalue weighted by molar-refractivity contribution is -0.215. The molecule has 37 heavy (non-hydrogen) atoms. The van der Waals surface area contributed by atoms with E-state index in [4.69, 9.17) is 9.78 Å². The molecule has 2 atom stereocenters. The number of Topliss-reactive ketones (excluding diaryl/α,β-unsaturated/α-hetero) is 1. The number of amides is 1. The Kier molecular flexibility index (Phi) is 6.50. The number of hydrogen-bond acceptors (Lipinski definition) is 6. The normalized spacial score (nSPS) is 21.5. The first-order valence-electron chi connectivity index (χ1n) is 13.0. The molecule has 2 fully saturated rings. The van der Waals surface area contributed by atoms with E-state index >= 15 is 0 Å². The van der Waals surface area contributed by atoms with Crippen LogP contribution in [0, 0.1) is 0 Å². The van der Waals surface area contributed by atoms with Crippen LogP contribution >= 0.6 is 0 Å². The molecule has 2 N–H and O–H groups in total. The highest BCUT2D eigenvalue weighted by atomic mass is 17.2. The zero-order valence-corrected chi connectivity index (χ0v) is 20.6. The molecular formula is C30H30N2O5. The summed E-state index contributed by atoms with van der Waals surface area (Å²) < 4.78 is 0.